The van der Waals surface area contributed by atoms with E-state index in [1.807, 2.05) is 6.07 Å². The summed E-state index contributed by atoms with van der Waals surface area (Å²) >= 11 is 0. The molecular weight excluding hydrogens is 262 g/mol. The first-order valence-electron chi connectivity index (χ1n) is 8.01. The van der Waals surface area contributed by atoms with Crippen molar-refractivity contribution in [2.24, 2.45) is 5.92 Å². The van der Waals surface area contributed by atoms with E-state index in [9.17, 15) is 4.79 Å². The van der Waals surface area contributed by atoms with Gasteiger partial charge in [0.2, 0.25) is 5.91 Å². The third-order valence-corrected chi connectivity index (χ3v) is 4.69. The van der Waals surface area contributed by atoms with Gasteiger partial charge in [-0.15, -0.1) is 0 Å². The number of likely N-dealkylation sites (tertiary alicyclic amines) is 1. The molecule has 0 N–H and O–H groups in total. The molecule has 0 aliphatic carbocycles. The number of para-hydroxylation sites is 1. The summed E-state index contributed by atoms with van der Waals surface area (Å²) < 4.78 is 0. The maximum Gasteiger partial charge on any atom is 0.227 e. The van der Waals surface area contributed by atoms with Gasteiger partial charge in [0.05, 0.1) is 5.92 Å². The van der Waals surface area contributed by atoms with Gasteiger partial charge in [-0.05, 0) is 38.6 Å². The van der Waals surface area contributed by atoms with Crippen LogP contribution >= 0.6 is 0 Å². The van der Waals surface area contributed by atoms with E-state index in [2.05, 4.69) is 46.0 Å². The topological polar surface area (TPSA) is 26.8 Å². The van der Waals surface area contributed by atoms with Crippen molar-refractivity contribution in [2.75, 3.05) is 51.2 Å². The number of carbonyl (C=O) groups excluding carboxylic acids is 1. The Hall–Kier alpha value is -1.55. The molecule has 0 saturated carbocycles. The number of rotatable bonds is 2. The normalized spacial score (nSPS) is 24.1. The van der Waals surface area contributed by atoms with Gasteiger partial charge in [0.1, 0.15) is 0 Å². The summed E-state index contributed by atoms with van der Waals surface area (Å²) in [6, 6.07) is 10.5. The Bertz CT molecular complexity index is 468. The van der Waals surface area contributed by atoms with Crippen LogP contribution in [0.4, 0.5) is 5.69 Å². The van der Waals surface area contributed by atoms with Crippen LogP contribution in [0, 0.1) is 5.92 Å². The molecule has 1 atom stereocenters. The number of nitrogens with zero attached hydrogens (tertiary/aromatic N) is 3. The van der Waals surface area contributed by atoms with Gasteiger partial charge in [-0.3, -0.25) is 4.79 Å². The highest BCUT2D eigenvalue weighted by molar-refractivity contribution is 5.79. The third-order valence-electron chi connectivity index (χ3n) is 4.69. The van der Waals surface area contributed by atoms with E-state index in [4.69, 9.17) is 0 Å². The second-order valence-corrected chi connectivity index (χ2v) is 6.25. The lowest BCUT2D eigenvalue weighted by molar-refractivity contribution is -0.137. The van der Waals surface area contributed by atoms with Crippen LogP contribution in [0.2, 0.25) is 0 Å². The zero-order valence-electron chi connectivity index (χ0n) is 12.9. The highest BCUT2D eigenvalue weighted by Gasteiger charge is 2.29. The zero-order chi connectivity index (χ0) is 14.7. The maximum absolute atomic E-state index is 12.6. The van der Waals surface area contributed by atoms with Crippen LogP contribution in [0.5, 0.6) is 0 Å². The van der Waals surface area contributed by atoms with E-state index < -0.39 is 0 Å². The molecule has 2 saturated heterocycles. The van der Waals surface area contributed by atoms with Gasteiger partial charge >= 0.3 is 0 Å². The van der Waals surface area contributed by atoms with Crippen molar-refractivity contribution >= 4 is 11.6 Å². The van der Waals surface area contributed by atoms with Crippen LogP contribution in [0.15, 0.2) is 30.3 Å². The fourth-order valence-corrected chi connectivity index (χ4v) is 3.45. The minimum Gasteiger partial charge on any atom is -0.368 e. The van der Waals surface area contributed by atoms with Crippen LogP contribution in [0.25, 0.3) is 0 Å². The van der Waals surface area contributed by atoms with Crippen molar-refractivity contribution in [1.29, 1.82) is 0 Å². The summed E-state index contributed by atoms with van der Waals surface area (Å²) in [5, 5.41) is 0. The number of amides is 1. The molecule has 2 fully saturated rings. The highest BCUT2D eigenvalue weighted by atomic mass is 16.2. The van der Waals surface area contributed by atoms with Crippen molar-refractivity contribution in [3.63, 3.8) is 0 Å². The Labute approximate surface area is 127 Å². The van der Waals surface area contributed by atoms with E-state index in [0.29, 0.717) is 5.91 Å². The SMILES string of the molecule is CN1CCC[C@@H](C(=O)N2CCN(c3ccccc3)CC2)C1. The molecule has 0 aromatic heterocycles. The Balaban J connectivity index is 1.54. The molecule has 0 bridgehead atoms. The number of piperidine rings is 1. The molecule has 2 aliphatic rings. The number of piperazine rings is 1. The average Bonchev–Trinajstić information content (AvgIpc) is 2.55. The summed E-state index contributed by atoms with van der Waals surface area (Å²) in [7, 11) is 2.12. The molecule has 1 amide bonds. The average molecular weight is 287 g/mol. The van der Waals surface area contributed by atoms with Gasteiger partial charge in [0, 0.05) is 38.4 Å². The molecule has 0 spiro atoms. The largest absolute Gasteiger partial charge is 0.368 e. The van der Waals surface area contributed by atoms with Crippen LogP contribution in [-0.4, -0.2) is 62.0 Å². The molecule has 2 aliphatic heterocycles. The quantitative estimate of drug-likeness (QED) is 0.828. The van der Waals surface area contributed by atoms with Crippen molar-refractivity contribution in [3.8, 4) is 0 Å². The van der Waals surface area contributed by atoms with Crippen LogP contribution < -0.4 is 4.90 Å². The van der Waals surface area contributed by atoms with Gasteiger partial charge < -0.3 is 14.7 Å². The monoisotopic (exact) mass is 287 g/mol. The van der Waals surface area contributed by atoms with E-state index in [0.717, 1.165) is 52.1 Å². The maximum atomic E-state index is 12.6. The first-order chi connectivity index (χ1) is 10.2. The predicted octanol–water partition coefficient (Wildman–Crippen LogP) is 1.68. The van der Waals surface area contributed by atoms with Crippen molar-refractivity contribution in [2.45, 2.75) is 12.8 Å². The lowest BCUT2D eigenvalue weighted by atomic mass is 9.96. The molecule has 1 aromatic carbocycles. The Morgan fingerprint density at radius 2 is 1.76 bits per heavy atom. The Kier molecular flexibility index (Phi) is 4.44. The molecule has 2 heterocycles. The summed E-state index contributed by atoms with van der Waals surface area (Å²) in [5.74, 6) is 0.585. The molecule has 0 radical (unpaired) electrons. The van der Waals surface area contributed by atoms with Crippen molar-refractivity contribution < 1.29 is 4.79 Å². The molecule has 0 unspecified atom stereocenters. The second-order valence-electron chi connectivity index (χ2n) is 6.25. The van der Waals surface area contributed by atoms with Crippen LogP contribution in [0.3, 0.4) is 0 Å². The number of hydrogen-bond acceptors (Lipinski definition) is 3. The minimum absolute atomic E-state index is 0.215. The van der Waals surface area contributed by atoms with Crippen molar-refractivity contribution in [3.05, 3.63) is 30.3 Å². The van der Waals surface area contributed by atoms with E-state index >= 15 is 0 Å². The fourth-order valence-electron chi connectivity index (χ4n) is 3.45. The molecule has 114 valence electrons. The highest BCUT2D eigenvalue weighted by Crippen LogP contribution is 2.20. The lowest BCUT2D eigenvalue weighted by Crippen LogP contribution is -2.52. The number of hydrogen-bond donors (Lipinski definition) is 0. The summed E-state index contributed by atoms with van der Waals surface area (Å²) in [4.78, 5) is 19.4. The van der Waals surface area contributed by atoms with E-state index in [1.54, 1.807) is 0 Å². The summed E-state index contributed by atoms with van der Waals surface area (Å²) in [5.41, 5.74) is 1.27. The zero-order valence-corrected chi connectivity index (χ0v) is 12.9. The lowest BCUT2D eigenvalue weighted by Gasteiger charge is -2.39. The van der Waals surface area contributed by atoms with Crippen LogP contribution in [-0.2, 0) is 4.79 Å². The van der Waals surface area contributed by atoms with Crippen LogP contribution in [0.1, 0.15) is 12.8 Å². The van der Waals surface area contributed by atoms with Gasteiger partial charge in [0.15, 0.2) is 0 Å². The third kappa shape index (κ3) is 3.38. The smallest absolute Gasteiger partial charge is 0.227 e. The first-order valence-corrected chi connectivity index (χ1v) is 8.01. The standard InChI is InChI=1S/C17H25N3O/c1-18-9-5-6-15(14-18)17(21)20-12-10-19(11-13-20)16-7-3-2-4-8-16/h2-4,7-8,15H,5-6,9-14H2,1H3/t15-/m1/s1. The second kappa shape index (κ2) is 6.48. The predicted molar refractivity (Wildman–Crippen MR) is 85.5 cm³/mol. The van der Waals surface area contributed by atoms with Gasteiger partial charge in [-0.1, -0.05) is 18.2 Å². The molecule has 1 aromatic rings. The van der Waals surface area contributed by atoms with Crippen molar-refractivity contribution in [1.82, 2.24) is 9.80 Å². The number of anilines is 1. The van der Waals surface area contributed by atoms with E-state index in [1.165, 1.54) is 5.69 Å². The molecular formula is C17H25N3O. The summed E-state index contributed by atoms with van der Waals surface area (Å²) in [6.07, 6.45) is 2.21. The molecule has 3 rings (SSSR count). The molecule has 21 heavy (non-hydrogen) atoms. The first kappa shape index (κ1) is 14.4. The van der Waals surface area contributed by atoms with Gasteiger partial charge in [-0.2, -0.15) is 0 Å². The Morgan fingerprint density at radius 1 is 1.05 bits per heavy atom. The Morgan fingerprint density at radius 3 is 2.43 bits per heavy atom. The van der Waals surface area contributed by atoms with Gasteiger partial charge in [-0.25, -0.2) is 0 Å². The minimum atomic E-state index is 0.215. The number of carbonyl (C=O) groups is 1. The van der Waals surface area contributed by atoms with Gasteiger partial charge in [0.25, 0.3) is 0 Å². The van der Waals surface area contributed by atoms with E-state index in [-0.39, 0.29) is 5.92 Å². The summed E-state index contributed by atoms with van der Waals surface area (Å²) in [6.45, 7) is 5.65. The number of benzene rings is 1. The molecule has 4 nitrogen and oxygen atoms in total. The molecule has 4 heteroatoms. The fraction of sp³-hybridized carbons (Fsp3) is 0.588.